The lowest BCUT2D eigenvalue weighted by Crippen LogP contribution is -2.37. The van der Waals surface area contributed by atoms with E-state index in [1.807, 2.05) is 30.1 Å². The molecule has 6 nitrogen and oxygen atoms in total. The molecule has 0 aliphatic carbocycles. The minimum Gasteiger partial charge on any atom is -0.408 e. The summed E-state index contributed by atoms with van der Waals surface area (Å²) >= 11 is 0. The topological polar surface area (TPSA) is 95.5 Å². The third-order valence-electron chi connectivity index (χ3n) is 2.72. The van der Waals surface area contributed by atoms with Crippen molar-refractivity contribution < 1.29 is 9.52 Å². The first kappa shape index (κ1) is 12.8. The van der Waals surface area contributed by atoms with Gasteiger partial charge in [0.25, 0.3) is 0 Å². The number of aromatic amines is 1. The van der Waals surface area contributed by atoms with Crippen molar-refractivity contribution in [2.75, 3.05) is 20.2 Å². The summed E-state index contributed by atoms with van der Waals surface area (Å²) in [4.78, 5) is 15.6. The number of aromatic nitrogens is 1. The molecular weight excluding hydrogens is 234 g/mol. The lowest BCUT2D eigenvalue weighted by molar-refractivity contribution is 0.218. The molecule has 1 aromatic heterocycles. The third-order valence-corrected chi connectivity index (χ3v) is 2.72. The summed E-state index contributed by atoms with van der Waals surface area (Å²) in [5.41, 5.74) is 7.94. The number of H-pyrrole nitrogens is 1. The van der Waals surface area contributed by atoms with Gasteiger partial charge < -0.3 is 20.2 Å². The quantitative estimate of drug-likeness (QED) is 0.688. The lowest BCUT2D eigenvalue weighted by Gasteiger charge is -2.19. The number of benzene rings is 1. The van der Waals surface area contributed by atoms with Crippen LogP contribution in [0.1, 0.15) is 5.56 Å². The van der Waals surface area contributed by atoms with Crippen LogP contribution in [0.3, 0.4) is 0 Å². The monoisotopic (exact) mass is 251 g/mol. The summed E-state index contributed by atoms with van der Waals surface area (Å²) in [6.45, 7) is 1.25. The molecule has 0 aliphatic rings. The molecule has 1 heterocycles. The van der Waals surface area contributed by atoms with E-state index in [1.165, 1.54) is 0 Å². The smallest absolute Gasteiger partial charge is 0.408 e. The van der Waals surface area contributed by atoms with Crippen molar-refractivity contribution in [3.8, 4) is 0 Å². The van der Waals surface area contributed by atoms with E-state index < -0.39 is 5.76 Å². The molecule has 0 spiro atoms. The molecule has 0 bridgehead atoms. The second-order valence-electron chi connectivity index (χ2n) is 4.48. The Morgan fingerprint density at radius 2 is 2.33 bits per heavy atom. The Labute approximate surface area is 104 Å². The third kappa shape index (κ3) is 2.98. The highest BCUT2D eigenvalue weighted by molar-refractivity contribution is 5.72. The van der Waals surface area contributed by atoms with Gasteiger partial charge in [0.05, 0.1) is 12.1 Å². The lowest BCUT2D eigenvalue weighted by atomic mass is 10.2. The summed E-state index contributed by atoms with van der Waals surface area (Å²) in [6, 6.07) is 5.32. The molecule has 0 saturated carbocycles. The summed E-state index contributed by atoms with van der Waals surface area (Å²) in [5.74, 6) is -0.446. The molecular formula is C12H17N3O3. The fourth-order valence-corrected chi connectivity index (χ4v) is 1.92. The molecule has 0 fully saturated rings. The van der Waals surface area contributed by atoms with Crippen LogP contribution in [0, 0.1) is 0 Å². The van der Waals surface area contributed by atoms with Crippen LogP contribution in [0.25, 0.3) is 11.1 Å². The highest BCUT2D eigenvalue weighted by Crippen LogP contribution is 2.13. The van der Waals surface area contributed by atoms with Gasteiger partial charge in [0.15, 0.2) is 5.58 Å². The highest BCUT2D eigenvalue weighted by atomic mass is 16.4. The maximum Gasteiger partial charge on any atom is 0.417 e. The van der Waals surface area contributed by atoms with E-state index in [1.54, 1.807) is 0 Å². The van der Waals surface area contributed by atoms with E-state index in [4.69, 9.17) is 15.3 Å². The number of aliphatic hydroxyl groups is 1. The van der Waals surface area contributed by atoms with Crippen molar-refractivity contribution in [1.29, 1.82) is 0 Å². The van der Waals surface area contributed by atoms with Crippen LogP contribution in [-0.4, -0.2) is 41.2 Å². The van der Waals surface area contributed by atoms with Crippen molar-refractivity contribution >= 4 is 11.1 Å². The van der Waals surface area contributed by atoms with E-state index in [-0.39, 0.29) is 12.6 Å². The number of likely N-dealkylation sites (N-methyl/N-ethyl adjacent to an activating group) is 1. The van der Waals surface area contributed by atoms with Crippen molar-refractivity contribution in [3.63, 3.8) is 0 Å². The number of nitrogens with one attached hydrogen (secondary N) is 1. The first-order chi connectivity index (χ1) is 8.58. The van der Waals surface area contributed by atoms with Crippen molar-refractivity contribution in [1.82, 2.24) is 9.88 Å². The van der Waals surface area contributed by atoms with Crippen LogP contribution in [0.4, 0.5) is 0 Å². The first-order valence-corrected chi connectivity index (χ1v) is 5.75. The van der Waals surface area contributed by atoms with Crippen LogP contribution in [-0.2, 0) is 6.54 Å². The zero-order valence-electron chi connectivity index (χ0n) is 10.2. The SMILES string of the molecule is CN(Cc1ccc2[nH]c(=O)oc2c1)CC(N)CO. The van der Waals surface area contributed by atoms with Gasteiger partial charge >= 0.3 is 5.76 Å². The van der Waals surface area contributed by atoms with Crippen LogP contribution in [0.15, 0.2) is 27.4 Å². The molecule has 0 radical (unpaired) electrons. The average molecular weight is 251 g/mol. The summed E-state index contributed by atoms with van der Waals surface area (Å²) < 4.78 is 5.00. The Kier molecular flexibility index (Phi) is 3.81. The Hall–Kier alpha value is -1.63. The molecule has 1 aromatic carbocycles. The molecule has 0 aliphatic heterocycles. The molecule has 1 unspecified atom stereocenters. The fraction of sp³-hybridized carbons (Fsp3) is 0.417. The molecule has 2 aromatic rings. The van der Waals surface area contributed by atoms with Crippen molar-refractivity contribution in [2.45, 2.75) is 12.6 Å². The largest absolute Gasteiger partial charge is 0.417 e. The molecule has 1 atom stereocenters. The fourth-order valence-electron chi connectivity index (χ4n) is 1.92. The van der Waals surface area contributed by atoms with Gasteiger partial charge in [-0.15, -0.1) is 0 Å². The van der Waals surface area contributed by atoms with E-state index in [0.717, 1.165) is 5.56 Å². The van der Waals surface area contributed by atoms with Crippen LogP contribution < -0.4 is 11.5 Å². The number of oxazole rings is 1. The zero-order valence-corrected chi connectivity index (χ0v) is 10.2. The van der Waals surface area contributed by atoms with Gasteiger partial charge in [-0.3, -0.25) is 4.98 Å². The molecule has 0 amide bonds. The van der Waals surface area contributed by atoms with Crippen LogP contribution in [0.5, 0.6) is 0 Å². The number of aliphatic hydroxyl groups excluding tert-OH is 1. The van der Waals surface area contributed by atoms with Crippen molar-refractivity contribution in [2.24, 2.45) is 5.73 Å². The zero-order chi connectivity index (χ0) is 13.1. The van der Waals surface area contributed by atoms with Gasteiger partial charge in [0.2, 0.25) is 0 Å². The van der Waals surface area contributed by atoms with Gasteiger partial charge in [-0.2, -0.15) is 0 Å². The minimum absolute atomic E-state index is 0.0317. The standard InChI is InChI=1S/C12H17N3O3/c1-15(6-9(13)7-16)5-8-2-3-10-11(4-8)18-12(17)14-10/h2-4,9,16H,5-7,13H2,1H3,(H,14,17). The van der Waals surface area contributed by atoms with Gasteiger partial charge in [-0.1, -0.05) is 6.07 Å². The molecule has 98 valence electrons. The molecule has 6 heteroatoms. The Morgan fingerprint density at radius 1 is 1.56 bits per heavy atom. The number of rotatable bonds is 5. The van der Waals surface area contributed by atoms with Crippen molar-refractivity contribution in [3.05, 3.63) is 34.3 Å². The van der Waals surface area contributed by atoms with E-state index >= 15 is 0 Å². The second kappa shape index (κ2) is 5.34. The molecule has 0 saturated heterocycles. The predicted molar refractivity (Wildman–Crippen MR) is 68.2 cm³/mol. The van der Waals surface area contributed by atoms with Gasteiger partial charge in [0, 0.05) is 19.1 Å². The number of nitrogens with two attached hydrogens (primary N) is 1. The van der Waals surface area contributed by atoms with Gasteiger partial charge in [-0.25, -0.2) is 4.79 Å². The number of hydrogen-bond donors (Lipinski definition) is 3. The number of fused-ring (bicyclic) bond motifs is 1. The molecule has 2 rings (SSSR count). The Bertz CT molecular complexity index is 575. The average Bonchev–Trinajstić information content (AvgIpc) is 2.68. The number of hydrogen-bond acceptors (Lipinski definition) is 5. The molecule has 18 heavy (non-hydrogen) atoms. The maximum absolute atomic E-state index is 11.0. The van der Waals surface area contributed by atoms with Crippen LogP contribution in [0.2, 0.25) is 0 Å². The Morgan fingerprint density at radius 3 is 3.06 bits per heavy atom. The minimum atomic E-state index is -0.446. The second-order valence-corrected chi connectivity index (χ2v) is 4.48. The molecule has 4 N–H and O–H groups in total. The van der Waals surface area contributed by atoms with Crippen LogP contribution >= 0.6 is 0 Å². The summed E-state index contributed by atoms with van der Waals surface area (Å²) in [6.07, 6.45) is 0. The summed E-state index contributed by atoms with van der Waals surface area (Å²) in [7, 11) is 1.92. The van der Waals surface area contributed by atoms with E-state index in [2.05, 4.69) is 4.98 Å². The van der Waals surface area contributed by atoms with E-state index in [9.17, 15) is 4.79 Å². The van der Waals surface area contributed by atoms with Gasteiger partial charge in [-0.05, 0) is 24.7 Å². The van der Waals surface area contributed by atoms with Gasteiger partial charge in [0.1, 0.15) is 0 Å². The predicted octanol–water partition coefficient (Wildman–Crippen LogP) is -0.128. The maximum atomic E-state index is 11.0. The Balaban J connectivity index is 2.09. The number of nitrogens with zero attached hydrogens (tertiary/aromatic N) is 1. The first-order valence-electron chi connectivity index (χ1n) is 5.75. The normalized spacial score (nSPS) is 13.3. The highest BCUT2D eigenvalue weighted by Gasteiger charge is 2.08. The van der Waals surface area contributed by atoms with E-state index in [0.29, 0.717) is 24.2 Å². The summed E-state index contributed by atoms with van der Waals surface area (Å²) in [5, 5.41) is 8.89.